The van der Waals surface area contributed by atoms with Gasteiger partial charge in [0, 0.05) is 13.0 Å². The fourth-order valence-electron chi connectivity index (χ4n) is 6.09. The molecule has 1 heteroatoms. The molecule has 2 aromatic carbocycles. The summed E-state index contributed by atoms with van der Waals surface area (Å²) >= 11 is 0. The van der Waals surface area contributed by atoms with E-state index in [1.807, 2.05) is 0 Å². The van der Waals surface area contributed by atoms with Gasteiger partial charge in [0.25, 0.3) is 0 Å². The Bertz CT molecular complexity index is 1160. The molecule has 150 valence electrons. The lowest BCUT2D eigenvalue weighted by Gasteiger charge is -2.19. The standard InChI is InChI=1S/C28H34N/c1-6-19(7-2)20-10-11-24-23(14-20)13-18(4)29(5)28(24)25-16-27-22-9-8-21(15-22)26(27)12-17(25)3/h10-14,16,19,21-22H,6-9,15H2,1-5H3/q+1/i13D. The van der Waals surface area contributed by atoms with Crippen molar-refractivity contribution in [1.82, 2.24) is 0 Å². The van der Waals surface area contributed by atoms with Crippen LogP contribution in [0.2, 0.25) is 0 Å². The minimum atomic E-state index is 0.573. The van der Waals surface area contributed by atoms with E-state index in [1.165, 1.54) is 47.0 Å². The lowest BCUT2D eigenvalue weighted by molar-refractivity contribution is -0.665. The summed E-state index contributed by atoms with van der Waals surface area (Å²) in [6.45, 7) is 8.90. The van der Waals surface area contributed by atoms with Crippen LogP contribution in [0.1, 0.15) is 93.0 Å². The molecule has 2 atom stereocenters. The van der Waals surface area contributed by atoms with Crippen molar-refractivity contribution in [3.63, 3.8) is 0 Å². The molecular formula is C28H34N+. The normalized spacial score (nSPS) is 20.6. The van der Waals surface area contributed by atoms with E-state index in [0.29, 0.717) is 12.0 Å². The zero-order valence-electron chi connectivity index (χ0n) is 19.6. The van der Waals surface area contributed by atoms with Gasteiger partial charge in [-0.1, -0.05) is 32.0 Å². The van der Waals surface area contributed by atoms with Gasteiger partial charge in [0.15, 0.2) is 5.69 Å². The average molecular weight is 386 g/mol. The van der Waals surface area contributed by atoms with Gasteiger partial charge in [0.05, 0.1) is 12.3 Å². The van der Waals surface area contributed by atoms with Crippen LogP contribution in [0.25, 0.3) is 22.0 Å². The number of nitrogens with zero attached hydrogens (tertiary/aromatic N) is 1. The molecule has 0 N–H and O–H groups in total. The molecule has 1 aromatic heterocycles. The predicted octanol–water partition coefficient (Wildman–Crippen LogP) is 7.22. The fourth-order valence-corrected chi connectivity index (χ4v) is 6.09. The van der Waals surface area contributed by atoms with Crippen LogP contribution in [0.5, 0.6) is 0 Å². The van der Waals surface area contributed by atoms with Gasteiger partial charge >= 0.3 is 0 Å². The molecule has 0 amide bonds. The summed E-state index contributed by atoms with van der Waals surface area (Å²) in [6, 6.07) is 12.5. The summed E-state index contributed by atoms with van der Waals surface area (Å²) < 4.78 is 11.1. The quantitative estimate of drug-likeness (QED) is 0.418. The molecule has 2 unspecified atom stereocenters. The number of aromatic nitrogens is 1. The van der Waals surface area contributed by atoms with E-state index in [2.05, 4.69) is 69.6 Å². The van der Waals surface area contributed by atoms with Crippen molar-refractivity contribution in [2.45, 2.75) is 77.6 Å². The first-order valence-corrected chi connectivity index (χ1v) is 11.5. The summed E-state index contributed by atoms with van der Waals surface area (Å²) in [5.74, 6) is 2.13. The molecule has 29 heavy (non-hydrogen) atoms. The zero-order chi connectivity index (χ0) is 21.2. The highest BCUT2D eigenvalue weighted by Crippen LogP contribution is 2.54. The SMILES string of the molecule is [2H]c1c(C)[n+](C)c(-c2cc3c(cc2C)C2CCC3C2)c2ccc(C(CC)CC)cc12. The van der Waals surface area contributed by atoms with Crippen LogP contribution in [0, 0.1) is 13.8 Å². The summed E-state index contributed by atoms with van der Waals surface area (Å²) in [6.07, 6.45) is 6.38. The van der Waals surface area contributed by atoms with Crippen molar-refractivity contribution in [3.8, 4) is 11.3 Å². The van der Waals surface area contributed by atoms with E-state index >= 15 is 0 Å². The van der Waals surface area contributed by atoms with E-state index in [9.17, 15) is 0 Å². The molecule has 0 saturated heterocycles. The molecule has 1 heterocycles. The summed E-state index contributed by atoms with van der Waals surface area (Å²) in [5, 5.41) is 2.32. The maximum Gasteiger partial charge on any atom is 0.220 e. The number of aryl methyl sites for hydroxylation is 1. The monoisotopic (exact) mass is 385 g/mol. The third kappa shape index (κ3) is 2.85. The molecule has 3 aromatic rings. The van der Waals surface area contributed by atoms with Gasteiger partial charge in [0.1, 0.15) is 7.05 Å². The Labute approximate surface area is 177 Å². The molecule has 2 bridgehead atoms. The van der Waals surface area contributed by atoms with Gasteiger partial charge in [-0.25, -0.2) is 0 Å². The Balaban J connectivity index is 1.77. The van der Waals surface area contributed by atoms with Gasteiger partial charge in [-0.15, -0.1) is 0 Å². The van der Waals surface area contributed by atoms with Crippen LogP contribution in [0.15, 0.2) is 36.4 Å². The van der Waals surface area contributed by atoms with Crippen LogP contribution in [0.4, 0.5) is 0 Å². The maximum absolute atomic E-state index is 8.86. The number of benzene rings is 2. The van der Waals surface area contributed by atoms with Crippen LogP contribution in [-0.4, -0.2) is 0 Å². The lowest BCUT2D eigenvalue weighted by Crippen LogP contribution is -2.35. The van der Waals surface area contributed by atoms with Crippen molar-refractivity contribution in [3.05, 3.63) is 64.3 Å². The van der Waals surface area contributed by atoms with Gasteiger partial charge in [0.2, 0.25) is 5.69 Å². The van der Waals surface area contributed by atoms with Gasteiger partial charge in [-0.3, -0.25) is 0 Å². The van der Waals surface area contributed by atoms with Crippen molar-refractivity contribution >= 4 is 10.8 Å². The summed E-state index contributed by atoms with van der Waals surface area (Å²) in [5.41, 5.74) is 9.64. The zero-order valence-corrected chi connectivity index (χ0v) is 18.6. The van der Waals surface area contributed by atoms with E-state index < -0.39 is 0 Å². The van der Waals surface area contributed by atoms with Gasteiger partial charge < -0.3 is 0 Å². The van der Waals surface area contributed by atoms with Gasteiger partial charge in [-0.2, -0.15) is 4.57 Å². The van der Waals surface area contributed by atoms with E-state index in [0.717, 1.165) is 35.8 Å². The van der Waals surface area contributed by atoms with Crippen LogP contribution < -0.4 is 4.57 Å². The summed E-state index contributed by atoms with van der Waals surface area (Å²) in [4.78, 5) is 0. The van der Waals surface area contributed by atoms with Gasteiger partial charge in [-0.05, 0) is 96.6 Å². The van der Waals surface area contributed by atoms with Crippen molar-refractivity contribution in [1.29, 1.82) is 0 Å². The maximum atomic E-state index is 8.86. The number of hydrogen-bond donors (Lipinski definition) is 0. The highest BCUT2D eigenvalue weighted by atomic mass is 14.9. The predicted molar refractivity (Wildman–Crippen MR) is 123 cm³/mol. The second-order valence-electron chi connectivity index (χ2n) is 9.44. The number of fused-ring (bicyclic) bond motifs is 6. The number of hydrogen-bond acceptors (Lipinski definition) is 0. The molecule has 0 radical (unpaired) electrons. The number of rotatable bonds is 4. The molecule has 5 rings (SSSR count). The minimum Gasteiger partial charge on any atom is -0.198 e. The Morgan fingerprint density at radius 3 is 2.41 bits per heavy atom. The topological polar surface area (TPSA) is 3.88 Å². The smallest absolute Gasteiger partial charge is 0.198 e. The Morgan fingerprint density at radius 2 is 1.72 bits per heavy atom. The first-order valence-electron chi connectivity index (χ1n) is 12.0. The van der Waals surface area contributed by atoms with Crippen LogP contribution in [0.3, 0.4) is 0 Å². The largest absolute Gasteiger partial charge is 0.220 e. The van der Waals surface area contributed by atoms with E-state index in [4.69, 9.17) is 1.37 Å². The lowest BCUT2D eigenvalue weighted by atomic mass is 9.86. The Kier molecular flexibility index (Phi) is 4.25. The van der Waals surface area contributed by atoms with Crippen LogP contribution >= 0.6 is 0 Å². The van der Waals surface area contributed by atoms with Crippen molar-refractivity contribution < 1.29 is 5.94 Å². The fraction of sp³-hybridized carbons (Fsp3) is 0.464. The van der Waals surface area contributed by atoms with Crippen molar-refractivity contribution in [2.24, 2.45) is 7.05 Å². The highest BCUT2D eigenvalue weighted by molar-refractivity contribution is 5.94. The molecule has 1 fully saturated rings. The second kappa shape index (κ2) is 6.97. The molecule has 1 nitrogen and oxygen atoms in total. The summed E-state index contributed by atoms with van der Waals surface area (Å²) in [7, 11) is 2.13. The second-order valence-corrected chi connectivity index (χ2v) is 9.44. The minimum absolute atomic E-state index is 0.573. The average Bonchev–Trinajstić information content (AvgIpc) is 3.36. The molecule has 2 aliphatic rings. The Hall–Kier alpha value is -2.15. The molecule has 1 saturated carbocycles. The molecule has 0 spiro atoms. The third-order valence-corrected chi connectivity index (χ3v) is 7.91. The van der Waals surface area contributed by atoms with E-state index in [1.54, 1.807) is 11.1 Å². The highest BCUT2D eigenvalue weighted by Gasteiger charge is 2.37. The van der Waals surface area contributed by atoms with E-state index in [-0.39, 0.29) is 0 Å². The molecule has 0 aliphatic heterocycles. The molecular weight excluding hydrogens is 350 g/mol. The van der Waals surface area contributed by atoms with Crippen molar-refractivity contribution in [2.75, 3.05) is 0 Å². The van der Waals surface area contributed by atoms with Crippen LogP contribution in [-0.2, 0) is 7.05 Å². The third-order valence-electron chi connectivity index (χ3n) is 7.91. The molecule has 2 aliphatic carbocycles. The number of pyridine rings is 1. The Morgan fingerprint density at radius 1 is 1.03 bits per heavy atom. The first-order chi connectivity index (χ1) is 14.4. The first kappa shape index (κ1) is 17.7.